The quantitative estimate of drug-likeness (QED) is 0.676. The number of para-hydroxylation sites is 1. The second kappa shape index (κ2) is 9.73. The van der Waals surface area contributed by atoms with Crippen LogP contribution in [0, 0.1) is 0 Å². The molecule has 0 bridgehead atoms. The summed E-state index contributed by atoms with van der Waals surface area (Å²) in [5.74, 6) is -0.122. The van der Waals surface area contributed by atoms with Crippen LogP contribution in [-0.4, -0.2) is 37.5 Å². The third-order valence-electron chi connectivity index (χ3n) is 4.49. The minimum absolute atomic E-state index is 0.0336. The normalized spacial score (nSPS) is 12.9. The van der Waals surface area contributed by atoms with Crippen molar-refractivity contribution in [3.8, 4) is 11.1 Å². The Hall–Kier alpha value is -2.66. The van der Waals surface area contributed by atoms with Crippen LogP contribution < -0.4 is 15.5 Å². The lowest BCUT2D eigenvalue weighted by Gasteiger charge is -2.24. The minimum Gasteiger partial charge on any atom is -0.351 e. The molecule has 2 atom stereocenters. The number of carbonyl (C=O) groups excluding carboxylic acids is 2. The van der Waals surface area contributed by atoms with Gasteiger partial charge in [0, 0.05) is 17.8 Å². The lowest BCUT2D eigenvalue weighted by Crippen LogP contribution is -3.17. The Kier molecular flexibility index (Phi) is 7.36. The van der Waals surface area contributed by atoms with Crippen LogP contribution >= 0.6 is 0 Å². The van der Waals surface area contributed by atoms with E-state index in [0.717, 1.165) is 21.7 Å². The summed E-state index contributed by atoms with van der Waals surface area (Å²) in [6.45, 7) is 7.32. The van der Waals surface area contributed by atoms with Crippen molar-refractivity contribution >= 4 is 17.5 Å². The first kappa shape index (κ1) is 19.7. The molecule has 0 fully saturated rings. The Balaban J connectivity index is 2.13. The van der Waals surface area contributed by atoms with Crippen LogP contribution in [0.1, 0.15) is 20.8 Å². The molecule has 2 amide bonds. The number of hydrogen-bond acceptors (Lipinski definition) is 2. The van der Waals surface area contributed by atoms with Gasteiger partial charge in [-0.2, -0.15) is 0 Å². The first-order valence-corrected chi connectivity index (χ1v) is 9.13. The van der Waals surface area contributed by atoms with Crippen LogP contribution in [-0.2, 0) is 9.59 Å². The van der Waals surface area contributed by atoms with Crippen molar-refractivity contribution in [2.45, 2.75) is 26.8 Å². The molecule has 2 aromatic carbocycles. The van der Waals surface area contributed by atoms with E-state index < -0.39 is 0 Å². The summed E-state index contributed by atoms with van der Waals surface area (Å²) in [6.07, 6.45) is 0. The smallest absolute Gasteiger partial charge is 0.282 e. The van der Waals surface area contributed by atoms with Gasteiger partial charge in [-0.05, 0) is 32.4 Å². The number of amides is 2. The summed E-state index contributed by atoms with van der Waals surface area (Å²) in [5.41, 5.74) is 2.82. The SMILES string of the molecule is CCNC(=O)C[NH+](CC)[C@@H](C)C(=O)Nc1ccccc1-c1ccccc1. The van der Waals surface area contributed by atoms with E-state index in [1.165, 1.54) is 0 Å². The average molecular weight is 354 g/mol. The van der Waals surface area contributed by atoms with Crippen molar-refractivity contribution in [2.24, 2.45) is 0 Å². The summed E-state index contributed by atoms with van der Waals surface area (Å²) >= 11 is 0. The van der Waals surface area contributed by atoms with E-state index in [1.54, 1.807) is 0 Å². The van der Waals surface area contributed by atoms with Gasteiger partial charge in [-0.15, -0.1) is 0 Å². The van der Waals surface area contributed by atoms with Crippen molar-refractivity contribution in [1.82, 2.24) is 5.32 Å². The number of rotatable bonds is 8. The third kappa shape index (κ3) is 5.17. The van der Waals surface area contributed by atoms with E-state index in [9.17, 15) is 9.59 Å². The molecular weight excluding hydrogens is 326 g/mol. The van der Waals surface area contributed by atoms with Crippen LogP contribution in [0.25, 0.3) is 11.1 Å². The molecule has 1 unspecified atom stereocenters. The summed E-state index contributed by atoms with van der Waals surface area (Å²) in [5, 5.41) is 5.83. The van der Waals surface area contributed by atoms with Gasteiger partial charge in [0.1, 0.15) is 0 Å². The van der Waals surface area contributed by atoms with Gasteiger partial charge < -0.3 is 15.5 Å². The standard InChI is InChI=1S/C21H27N3O2/c1-4-22-20(25)15-24(5-2)16(3)21(26)23-19-14-10-9-13-18(19)17-11-7-6-8-12-17/h6-14,16H,4-5,15H2,1-3H3,(H,22,25)(H,23,26)/p+1/t16-/m0/s1. The predicted molar refractivity (Wildman–Crippen MR) is 105 cm³/mol. The molecule has 0 aliphatic rings. The monoisotopic (exact) mass is 354 g/mol. The molecule has 0 aliphatic heterocycles. The molecule has 0 aliphatic carbocycles. The maximum Gasteiger partial charge on any atom is 0.282 e. The number of benzene rings is 2. The predicted octanol–water partition coefficient (Wildman–Crippen LogP) is 1.72. The van der Waals surface area contributed by atoms with Crippen molar-refractivity contribution in [2.75, 3.05) is 25.0 Å². The van der Waals surface area contributed by atoms with Crippen molar-refractivity contribution in [3.63, 3.8) is 0 Å². The van der Waals surface area contributed by atoms with E-state index in [-0.39, 0.29) is 17.9 Å². The molecule has 5 nitrogen and oxygen atoms in total. The van der Waals surface area contributed by atoms with Crippen molar-refractivity contribution in [3.05, 3.63) is 54.6 Å². The fraction of sp³-hybridized carbons (Fsp3) is 0.333. The molecule has 0 aromatic heterocycles. The highest BCUT2D eigenvalue weighted by atomic mass is 16.2. The van der Waals surface area contributed by atoms with Crippen LogP contribution in [0.5, 0.6) is 0 Å². The van der Waals surface area contributed by atoms with Crippen LogP contribution in [0.2, 0.25) is 0 Å². The number of quaternary nitrogens is 1. The lowest BCUT2D eigenvalue weighted by molar-refractivity contribution is -0.904. The Morgan fingerprint density at radius 1 is 1.00 bits per heavy atom. The Morgan fingerprint density at radius 2 is 1.65 bits per heavy atom. The molecule has 2 aromatic rings. The van der Waals surface area contributed by atoms with Crippen molar-refractivity contribution in [1.29, 1.82) is 0 Å². The topological polar surface area (TPSA) is 62.6 Å². The summed E-state index contributed by atoms with van der Waals surface area (Å²) in [4.78, 5) is 25.6. The average Bonchev–Trinajstić information content (AvgIpc) is 2.67. The van der Waals surface area contributed by atoms with Gasteiger partial charge in [-0.1, -0.05) is 48.5 Å². The second-order valence-corrected chi connectivity index (χ2v) is 6.26. The minimum atomic E-state index is -0.327. The lowest BCUT2D eigenvalue weighted by atomic mass is 10.0. The van der Waals surface area contributed by atoms with Gasteiger partial charge in [0.25, 0.3) is 11.8 Å². The van der Waals surface area contributed by atoms with Crippen LogP contribution in [0.4, 0.5) is 5.69 Å². The largest absolute Gasteiger partial charge is 0.351 e. The van der Waals surface area contributed by atoms with Crippen molar-refractivity contribution < 1.29 is 14.5 Å². The zero-order chi connectivity index (χ0) is 18.9. The molecule has 0 spiro atoms. The maximum atomic E-state index is 12.8. The molecule has 0 heterocycles. The van der Waals surface area contributed by atoms with Gasteiger partial charge in [0.15, 0.2) is 12.6 Å². The number of nitrogens with one attached hydrogen (secondary N) is 3. The zero-order valence-corrected chi connectivity index (χ0v) is 15.7. The molecule has 26 heavy (non-hydrogen) atoms. The second-order valence-electron chi connectivity index (χ2n) is 6.26. The van der Waals surface area contributed by atoms with E-state index in [2.05, 4.69) is 10.6 Å². The molecular formula is C21H28N3O2+. The fourth-order valence-electron chi connectivity index (χ4n) is 2.94. The number of carbonyl (C=O) groups is 2. The highest BCUT2D eigenvalue weighted by molar-refractivity contribution is 5.97. The summed E-state index contributed by atoms with van der Waals surface area (Å²) in [6, 6.07) is 17.4. The highest BCUT2D eigenvalue weighted by Gasteiger charge is 2.26. The van der Waals surface area contributed by atoms with Crippen LogP contribution in [0.15, 0.2) is 54.6 Å². The molecule has 2 rings (SSSR count). The van der Waals surface area contributed by atoms with Gasteiger partial charge in [-0.25, -0.2) is 0 Å². The van der Waals surface area contributed by atoms with Gasteiger partial charge in [0.2, 0.25) is 0 Å². The van der Waals surface area contributed by atoms with E-state index in [1.807, 2.05) is 75.4 Å². The van der Waals surface area contributed by atoms with Gasteiger partial charge >= 0.3 is 0 Å². The summed E-state index contributed by atoms with van der Waals surface area (Å²) in [7, 11) is 0. The first-order valence-electron chi connectivity index (χ1n) is 9.13. The van der Waals surface area contributed by atoms with E-state index in [4.69, 9.17) is 0 Å². The molecule has 3 N–H and O–H groups in total. The van der Waals surface area contributed by atoms with Crippen LogP contribution in [0.3, 0.4) is 0 Å². The van der Waals surface area contributed by atoms with E-state index >= 15 is 0 Å². The number of hydrogen-bond donors (Lipinski definition) is 3. The molecule has 0 saturated carbocycles. The number of likely N-dealkylation sites (N-methyl/N-ethyl adjacent to an activating group) is 2. The maximum absolute atomic E-state index is 12.8. The van der Waals surface area contributed by atoms with E-state index in [0.29, 0.717) is 19.6 Å². The number of anilines is 1. The Bertz CT molecular complexity index is 731. The fourth-order valence-corrected chi connectivity index (χ4v) is 2.94. The highest BCUT2D eigenvalue weighted by Crippen LogP contribution is 2.27. The summed E-state index contributed by atoms with van der Waals surface area (Å²) < 4.78 is 0. The Labute approximate surface area is 155 Å². The third-order valence-corrected chi connectivity index (χ3v) is 4.49. The zero-order valence-electron chi connectivity index (χ0n) is 15.7. The molecule has 0 saturated heterocycles. The molecule has 5 heteroatoms. The van der Waals surface area contributed by atoms with Gasteiger partial charge in [0.05, 0.1) is 6.54 Å². The molecule has 138 valence electrons. The Morgan fingerprint density at radius 3 is 2.31 bits per heavy atom. The molecule has 0 radical (unpaired) electrons. The first-order chi connectivity index (χ1) is 12.6. The van der Waals surface area contributed by atoms with Gasteiger partial charge in [-0.3, -0.25) is 9.59 Å².